The molecular formula is C15H22O4. The summed E-state index contributed by atoms with van der Waals surface area (Å²) in [6, 6.07) is 5.36. The molecule has 1 fully saturated rings. The number of benzene rings is 1. The first-order valence-electron chi connectivity index (χ1n) is 6.82. The molecule has 2 rings (SSSR count). The van der Waals surface area contributed by atoms with Crippen molar-refractivity contribution < 1.29 is 19.7 Å². The van der Waals surface area contributed by atoms with Crippen molar-refractivity contribution in [1.29, 1.82) is 0 Å². The largest absolute Gasteiger partial charge is 0.497 e. The van der Waals surface area contributed by atoms with E-state index in [0.29, 0.717) is 11.5 Å². The highest BCUT2D eigenvalue weighted by molar-refractivity contribution is 5.42. The predicted molar refractivity (Wildman–Crippen MR) is 72.5 cm³/mol. The van der Waals surface area contributed by atoms with Gasteiger partial charge in [-0.3, -0.25) is 0 Å². The molecule has 3 atom stereocenters. The molecule has 0 saturated heterocycles. The number of hydrogen-bond acceptors (Lipinski definition) is 4. The number of rotatable bonds is 4. The Morgan fingerprint density at radius 1 is 1.26 bits per heavy atom. The second-order valence-electron chi connectivity index (χ2n) is 5.09. The number of aliphatic hydroxyl groups is 2. The van der Waals surface area contributed by atoms with E-state index in [2.05, 4.69) is 0 Å². The summed E-state index contributed by atoms with van der Waals surface area (Å²) < 4.78 is 11.1. The van der Waals surface area contributed by atoms with E-state index in [0.717, 1.165) is 31.2 Å². The van der Waals surface area contributed by atoms with Crippen molar-refractivity contribution >= 4 is 0 Å². The molecular weight excluding hydrogens is 244 g/mol. The highest BCUT2D eigenvalue weighted by atomic mass is 16.5. The maximum Gasteiger partial charge on any atom is 0.129 e. The normalized spacial score (nSPS) is 24.8. The number of hydrogen-bond donors (Lipinski definition) is 2. The van der Waals surface area contributed by atoms with Crippen LogP contribution in [0.4, 0.5) is 0 Å². The van der Waals surface area contributed by atoms with Crippen molar-refractivity contribution in [3.8, 4) is 11.5 Å². The van der Waals surface area contributed by atoms with Gasteiger partial charge in [0.1, 0.15) is 17.6 Å². The van der Waals surface area contributed by atoms with E-state index in [-0.39, 0.29) is 6.10 Å². The Hall–Kier alpha value is -1.26. The SMILES string of the molecule is COc1ccc(C(C)O)c(OC2CCCCC2O)c1. The van der Waals surface area contributed by atoms with Gasteiger partial charge in [0.2, 0.25) is 0 Å². The topological polar surface area (TPSA) is 58.9 Å². The quantitative estimate of drug-likeness (QED) is 0.878. The monoisotopic (exact) mass is 266 g/mol. The highest BCUT2D eigenvalue weighted by Gasteiger charge is 2.26. The molecule has 1 saturated carbocycles. The van der Waals surface area contributed by atoms with E-state index in [1.807, 2.05) is 0 Å². The Labute approximate surface area is 114 Å². The molecule has 0 amide bonds. The molecule has 4 heteroatoms. The number of ether oxygens (including phenoxy) is 2. The van der Waals surface area contributed by atoms with Crippen LogP contribution in [-0.2, 0) is 0 Å². The average Bonchev–Trinajstić information content (AvgIpc) is 2.41. The first-order valence-corrected chi connectivity index (χ1v) is 6.82. The van der Waals surface area contributed by atoms with Gasteiger partial charge in [-0.05, 0) is 38.3 Å². The van der Waals surface area contributed by atoms with Gasteiger partial charge in [0, 0.05) is 11.6 Å². The molecule has 1 aliphatic rings. The summed E-state index contributed by atoms with van der Waals surface area (Å²) in [6.45, 7) is 1.70. The highest BCUT2D eigenvalue weighted by Crippen LogP contribution is 2.32. The summed E-state index contributed by atoms with van der Waals surface area (Å²) >= 11 is 0. The van der Waals surface area contributed by atoms with Crippen LogP contribution >= 0.6 is 0 Å². The Kier molecular flexibility index (Phi) is 4.66. The lowest BCUT2D eigenvalue weighted by Gasteiger charge is -2.29. The zero-order chi connectivity index (χ0) is 13.8. The van der Waals surface area contributed by atoms with Gasteiger partial charge < -0.3 is 19.7 Å². The van der Waals surface area contributed by atoms with Crippen molar-refractivity contribution in [2.75, 3.05) is 7.11 Å². The van der Waals surface area contributed by atoms with Crippen molar-refractivity contribution in [2.24, 2.45) is 0 Å². The summed E-state index contributed by atoms with van der Waals surface area (Å²) in [5, 5.41) is 19.7. The number of methoxy groups -OCH3 is 1. The minimum absolute atomic E-state index is 0.196. The second kappa shape index (κ2) is 6.26. The van der Waals surface area contributed by atoms with Gasteiger partial charge in [0.25, 0.3) is 0 Å². The molecule has 19 heavy (non-hydrogen) atoms. The van der Waals surface area contributed by atoms with Gasteiger partial charge in [0.05, 0.1) is 19.3 Å². The van der Waals surface area contributed by atoms with Crippen molar-refractivity contribution in [3.63, 3.8) is 0 Å². The molecule has 1 aliphatic carbocycles. The fourth-order valence-corrected chi connectivity index (χ4v) is 2.47. The van der Waals surface area contributed by atoms with E-state index in [1.165, 1.54) is 0 Å². The van der Waals surface area contributed by atoms with Crippen molar-refractivity contribution in [1.82, 2.24) is 0 Å². The molecule has 0 aromatic heterocycles. The zero-order valence-corrected chi connectivity index (χ0v) is 11.5. The molecule has 4 nitrogen and oxygen atoms in total. The van der Waals surface area contributed by atoms with Gasteiger partial charge in [-0.15, -0.1) is 0 Å². The average molecular weight is 266 g/mol. The Balaban J connectivity index is 2.21. The van der Waals surface area contributed by atoms with Crippen LogP contribution in [0.25, 0.3) is 0 Å². The molecule has 1 aromatic carbocycles. The minimum atomic E-state index is -0.610. The summed E-state index contributed by atoms with van der Waals surface area (Å²) in [5.74, 6) is 1.28. The van der Waals surface area contributed by atoms with Crippen LogP contribution in [-0.4, -0.2) is 29.5 Å². The molecule has 2 N–H and O–H groups in total. The third kappa shape index (κ3) is 3.39. The molecule has 1 aromatic rings. The van der Waals surface area contributed by atoms with Gasteiger partial charge in [0.15, 0.2) is 0 Å². The fourth-order valence-electron chi connectivity index (χ4n) is 2.47. The van der Waals surface area contributed by atoms with Crippen LogP contribution in [0.3, 0.4) is 0 Å². The standard InChI is InChI=1S/C15H22O4/c1-10(16)12-8-7-11(18-2)9-15(12)19-14-6-4-3-5-13(14)17/h7-10,13-14,16-17H,3-6H2,1-2H3. The third-order valence-electron chi connectivity index (χ3n) is 3.62. The predicted octanol–water partition coefficient (Wildman–Crippen LogP) is 2.43. The molecule has 0 spiro atoms. The zero-order valence-electron chi connectivity index (χ0n) is 11.5. The third-order valence-corrected chi connectivity index (χ3v) is 3.62. The van der Waals surface area contributed by atoms with Crippen LogP contribution in [0, 0.1) is 0 Å². The van der Waals surface area contributed by atoms with E-state index in [9.17, 15) is 10.2 Å². The molecule has 0 aliphatic heterocycles. The van der Waals surface area contributed by atoms with Crippen molar-refractivity contribution in [2.45, 2.75) is 50.9 Å². The lowest BCUT2D eigenvalue weighted by Crippen LogP contribution is -2.34. The summed E-state index contributed by atoms with van der Waals surface area (Å²) in [6.07, 6.45) is 2.50. The second-order valence-corrected chi connectivity index (χ2v) is 5.09. The van der Waals surface area contributed by atoms with Crippen LogP contribution in [0.2, 0.25) is 0 Å². The first-order chi connectivity index (χ1) is 9.11. The first kappa shape index (κ1) is 14.2. The Morgan fingerprint density at radius 3 is 2.63 bits per heavy atom. The van der Waals surface area contributed by atoms with E-state index < -0.39 is 12.2 Å². The van der Waals surface area contributed by atoms with E-state index >= 15 is 0 Å². The molecule has 0 heterocycles. The van der Waals surface area contributed by atoms with E-state index in [1.54, 1.807) is 32.2 Å². The van der Waals surface area contributed by atoms with Crippen LogP contribution < -0.4 is 9.47 Å². The maximum atomic E-state index is 9.97. The summed E-state index contributed by atoms with van der Waals surface area (Å²) in [4.78, 5) is 0. The van der Waals surface area contributed by atoms with Crippen LogP contribution in [0.15, 0.2) is 18.2 Å². The maximum absolute atomic E-state index is 9.97. The van der Waals surface area contributed by atoms with Crippen LogP contribution in [0.1, 0.15) is 44.3 Å². The van der Waals surface area contributed by atoms with Crippen LogP contribution in [0.5, 0.6) is 11.5 Å². The summed E-state index contributed by atoms with van der Waals surface area (Å²) in [7, 11) is 1.59. The molecule has 0 radical (unpaired) electrons. The molecule has 3 unspecified atom stereocenters. The van der Waals surface area contributed by atoms with Gasteiger partial charge in [-0.1, -0.05) is 6.42 Å². The molecule has 0 bridgehead atoms. The van der Waals surface area contributed by atoms with Crippen molar-refractivity contribution in [3.05, 3.63) is 23.8 Å². The van der Waals surface area contributed by atoms with Gasteiger partial charge >= 0.3 is 0 Å². The fraction of sp³-hybridized carbons (Fsp3) is 0.600. The molecule has 106 valence electrons. The Bertz CT molecular complexity index is 417. The smallest absolute Gasteiger partial charge is 0.129 e. The Morgan fingerprint density at radius 2 is 2.00 bits per heavy atom. The van der Waals surface area contributed by atoms with Gasteiger partial charge in [-0.25, -0.2) is 0 Å². The number of aliphatic hydroxyl groups excluding tert-OH is 2. The summed E-state index contributed by atoms with van der Waals surface area (Å²) in [5.41, 5.74) is 0.721. The van der Waals surface area contributed by atoms with E-state index in [4.69, 9.17) is 9.47 Å². The lowest BCUT2D eigenvalue weighted by atomic mass is 9.94. The lowest BCUT2D eigenvalue weighted by molar-refractivity contribution is 0.00518. The minimum Gasteiger partial charge on any atom is -0.497 e. The van der Waals surface area contributed by atoms with Gasteiger partial charge in [-0.2, -0.15) is 0 Å².